The van der Waals surface area contributed by atoms with Crippen molar-refractivity contribution in [3.05, 3.63) is 11.8 Å². The van der Waals surface area contributed by atoms with Crippen LogP contribution in [0.15, 0.2) is 16.8 Å². The first-order valence-corrected chi connectivity index (χ1v) is 6.87. The van der Waals surface area contributed by atoms with Crippen LogP contribution in [0.4, 0.5) is 0 Å². The predicted molar refractivity (Wildman–Crippen MR) is 74.3 cm³/mol. The van der Waals surface area contributed by atoms with Gasteiger partial charge in [-0.1, -0.05) is 40.0 Å². The van der Waals surface area contributed by atoms with Crippen LogP contribution in [0, 0.1) is 5.41 Å². The van der Waals surface area contributed by atoms with Crippen LogP contribution in [0.5, 0.6) is 0 Å². The van der Waals surface area contributed by atoms with E-state index in [1.807, 2.05) is 26.3 Å². The highest BCUT2D eigenvalue weighted by molar-refractivity contribution is 5.80. The number of hydrogen-bond donors (Lipinski definition) is 0. The second-order valence-electron chi connectivity index (χ2n) is 5.81. The fraction of sp³-hybridized carbons (Fsp3) is 0.800. The molecule has 1 heterocycles. The lowest BCUT2D eigenvalue weighted by molar-refractivity contribution is 0.0593. The first-order valence-electron chi connectivity index (χ1n) is 6.87. The third kappa shape index (κ3) is 3.86. The molecule has 2 heteroatoms. The van der Waals surface area contributed by atoms with E-state index in [1.165, 1.54) is 37.7 Å². The number of unbranched alkanes of at least 4 members (excludes halogenated alkanes) is 1. The van der Waals surface area contributed by atoms with Crippen LogP contribution in [0.3, 0.4) is 0 Å². The summed E-state index contributed by atoms with van der Waals surface area (Å²) < 4.78 is 5.69. The van der Waals surface area contributed by atoms with Gasteiger partial charge in [-0.3, -0.25) is 0 Å². The quantitative estimate of drug-likeness (QED) is 0.656. The van der Waals surface area contributed by atoms with Gasteiger partial charge < -0.3 is 4.74 Å². The highest BCUT2D eigenvalue weighted by Crippen LogP contribution is 2.38. The first-order chi connectivity index (χ1) is 7.93. The molecule has 0 aliphatic carbocycles. The maximum Gasteiger partial charge on any atom is 0.193 e. The van der Waals surface area contributed by atoms with Gasteiger partial charge in [0.2, 0.25) is 0 Å². The number of hydrogen-bond acceptors (Lipinski definition) is 2. The van der Waals surface area contributed by atoms with E-state index >= 15 is 0 Å². The van der Waals surface area contributed by atoms with E-state index < -0.39 is 0 Å². The van der Waals surface area contributed by atoms with Crippen LogP contribution in [-0.4, -0.2) is 11.9 Å². The zero-order valence-electron chi connectivity index (χ0n) is 12.0. The Labute approximate surface area is 106 Å². The molecule has 0 spiro atoms. The van der Waals surface area contributed by atoms with E-state index in [1.54, 1.807) is 0 Å². The zero-order valence-corrected chi connectivity index (χ0v) is 12.0. The lowest BCUT2D eigenvalue weighted by Crippen LogP contribution is -2.28. The summed E-state index contributed by atoms with van der Waals surface area (Å²) in [5, 5.41) is 0. The third-order valence-electron chi connectivity index (χ3n) is 3.57. The molecule has 0 fully saturated rings. The number of allylic oxidation sites excluding steroid dienone is 1. The van der Waals surface area contributed by atoms with E-state index in [4.69, 9.17) is 4.74 Å². The molecule has 0 aromatic carbocycles. The van der Waals surface area contributed by atoms with Crippen molar-refractivity contribution < 1.29 is 4.74 Å². The van der Waals surface area contributed by atoms with Crippen molar-refractivity contribution in [2.75, 3.05) is 0 Å². The Bertz CT molecular complexity index is 304. The average molecular weight is 237 g/mol. The van der Waals surface area contributed by atoms with Gasteiger partial charge in [0.25, 0.3) is 0 Å². The Kier molecular flexibility index (Phi) is 4.79. The molecule has 0 saturated carbocycles. The standard InChI is InChI=1S/C15H27NO/c1-6-8-10-15(5,9-7-2)13-11-16-14(3,4)17-12-13/h11-12H,6-10H2,1-5H3. The summed E-state index contributed by atoms with van der Waals surface area (Å²) in [6, 6.07) is 0. The van der Waals surface area contributed by atoms with Gasteiger partial charge in [-0.15, -0.1) is 0 Å². The topological polar surface area (TPSA) is 21.6 Å². The molecule has 0 aromatic rings. The first kappa shape index (κ1) is 14.3. The Balaban J connectivity index is 2.78. The summed E-state index contributed by atoms with van der Waals surface area (Å²) in [5.74, 6) is 0. The Morgan fingerprint density at radius 2 is 1.94 bits per heavy atom. The summed E-state index contributed by atoms with van der Waals surface area (Å²) in [6.07, 6.45) is 10.1. The molecule has 0 amide bonds. The summed E-state index contributed by atoms with van der Waals surface area (Å²) >= 11 is 0. The molecule has 1 aliphatic rings. The number of rotatable bonds is 6. The molecule has 0 N–H and O–H groups in total. The molecule has 1 atom stereocenters. The molecular formula is C15H27NO. The lowest BCUT2D eigenvalue weighted by atomic mass is 9.75. The van der Waals surface area contributed by atoms with E-state index in [2.05, 4.69) is 25.8 Å². The smallest absolute Gasteiger partial charge is 0.193 e. The monoisotopic (exact) mass is 237 g/mol. The summed E-state index contributed by atoms with van der Waals surface area (Å²) in [6.45, 7) is 10.8. The average Bonchev–Trinajstić information content (AvgIpc) is 2.26. The van der Waals surface area contributed by atoms with Crippen LogP contribution in [-0.2, 0) is 4.74 Å². The van der Waals surface area contributed by atoms with Crippen molar-refractivity contribution in [3.63, 3.8) is 0 Å². The molecule has 0 aromatic heterocycles. The second-order valence-corrected chi connectivity index (χ2v) is 5.81. The minimum absolute atomic E-state index is 0.227. The maximum absolute atomic E-state index is 5.69. The summed E-state index contributed by atoms with van der Waals surface area (Å²) in [7, 11) is 0. The van der Waals surface area contributed by atoms with Gasteiger partial charge in [-0.25, -0.2) is 4.99 Å². The molecule has 1 unspecified atom stereocenters. The molecule has 0 saturated heterocycles. The van der Waals surface area contributed by atoms with Gasteiger partial charge >= 0.3 is 0 Å². The van der Waals surface area contributed by atoms with E-state index in [0.717, 1.165) is 0 Å². The number of ether oxygens (including phenoxy) is 1. The Morgan fingerprint density at radius 1 is 1.24 bits per heavy atom. The maximum atomic E-state index is 5.69. The van der Waals surface area contributed by atoms with Gasteiger partial charge in [0, 0.05) is 11.8 Å². The number of nitrogens with zero attached hydrogens (tertiary/aromatic N) is 1. The van der Waals surface area contributed by atoms with Gasteiger partial charge in [0.05, 0.1) is 6.26 Å². The zero-order chi connectivity index (χ0) is 12.9. The van der Waals surface area contributed by atoms with Crippen molar-refractivity contribution >= 4 is 6.21 Å². The minimum atomic E-state index is -0.388. The fourth-order valence-electron chi connectivity index (χ4n) is 2.32. The molecule has 2 nitrogen and oxygen atoms in total. The van der Waals surface area contributed by atoms with Crippen molar-refractivity contribution in [2.24, 2.45) is 10.4 Å². The van der Waals surface area contributed by atoms with Crippen molar-refractivity contribution in [2.45, 2.75) is 72.4 Å². The van der Waals surface area contributed by atoms with Crippen LogP contribution in [0.25, 0.3) is 0 Å². The van der Waals surface area contributed by atoms with Crippen LogP contribution < -0.4 is 0 Å². The van der Waals surface area contributed by atoms with Crippen LogP contribution >= 0.6 is 0 Å². The molecule has 98 valence electrons. The van der Waals surface area contributed by atoms with Gasteiger partial charge in [0.15, 0.2) is 5.72 Å². The van der Waals surface area contributed by atoms with E-state index in [0.29, 0.717) is 0 Å². The normalized spacial score (nSPS) is 21.6. The fourth-order valence-corrected chi connectivity index (χ4v) is 2.32. The Hall–Kier alpha value is -0.790. The van der Waals surface area contributed by atoms with Gasteiger partial charge in [-0.2, -0.15) is 0 Å². The summed E-state index contributed by atoms with van der Waals surface area (Å²) in [4.78, 5) is 4.48. The Morgan fingerprint density at radius 3 is 2.41 bits per heavy atom. The predicted octanol–water partition coefficient (Wildman–Crippen LogP) is 4.70. The summed E-state index contributed by atoms with van der Waals surface area (Å²) in [5.41, 5.74) is 1.10. The minimum Gasteiger partial charge on any atom is -0.474 e. The molecule has 1 rings (SSSR count). The highest BCUT2D eigenvalue weighted by atomic mass is 16.5. The SMILES string of the molecule is CCCCC(C)(CCC)C1=COC(C)(C)N=C1. The van der Waals surface area contributed by atoms with Crippen molar-refractivity contribution in [1.29, 1.82) is 0 Å². The van der Waals surface area contributed by atoms with E-state index in [9.17, 15) is 0 Å². The van der Waals surface area contributed by atoms with Gasteiger partial charge in [0.1, 0.15) is 0 Å². The molecular weight excluding hydrogens is 210 g/mol. The van der Waals surface area contributed by atoms with Crippen LogP contribution in [0.2, 0.25) is 0 Å². The second kappa shape index (κ2) is 5.70. The largest absolute Gasteiger partial charge is 0.474 e. The molecule has 0 bridgehead atoms. The molecule has 0 radical (unpaired) electrons. The lowest BCUT2D eigenvalue weighted by Gasteiger charge is -2.34. The molecule has 17 heavy (non-hydrogen) atoms. The van der Waals surface area contributed by atoms with E-state index in [-0.39, 0.29) is 11.1 Å². The van der Waals surface area contributed by atoms with Crippen molar-refractivity contribution in [3.8, 4) is 0 Å². The molecule has 1 aliphatic heterocycles. The highest BCUT2D eigenvalue weighted by Gasteiger charge is 2.30. The van der Waals surface area contributed by atoms with Crippen LogP contribution in [0.1, 0.15) is 66.7 Å². The van der Waals surface area contributed by atoms with Crippen molar-refractivity contribution in [1.82, 2.24) is 0 Å². The van der Waals surface area contributed by atoms with Gasteiger partial charge in [-0.05, 0) is 32.1 Å². The number of aliphatic imine (C=N–C) groups is 1. The third-order valence-corrected chi connectivity index (χ3v) is 3.57.